The van der Waals surface area contributed by atoms with Crippen molar-refractivity contribution in [3.05, 3.63) is 0 Å². The van der Waals surface area contributed by atoms with Crippen molar-refractivity contribution in [3.63, 3.8) is 0 Å². The van der Waals surface area contributed by atoms with E-state index in [1.807, 2.05) is 0 Å². The van der Waals surface area contributed by atoms with Gasteiger partial charge >= 0.3 is 8.80 Å². The fourth-order valence-corrected chi connectivity index (χ4v) is 6.01. The number of hydrogen-bond acceptors (Lipinski definition) is 4. The highest BCUT2D eigenvalue weighted by atomic mass is 28.4. The van der Waals surface area contributed by atoms with Crippen molar-refractivity contribution in [1.29, 1.82) is 0 Å². The molecule has 0 aromatic rings. The topological polar surface area (TPSA) is 30.9 Å². The van der Waals surface area contributed by atoms with E-state index in [1.165, 1.54) is 19.4 Å². The van der Waals surface area contributed by atoms with E-state index in [4.69, 9.17) is 13.3 Å². The van der Waals surface area contributed by atoms with Crippen LogP contribution in [0, 0.1) is 0 Å². The lowest BCUT2D eigenvalue weighted by atomic mass is 10.1. The molecule has 1 aliphatic rings. The van der Waals surface area contributed by atoms with Crippen LogP contribution < -0.4 is 0 Å². The molecule has 2 unspecified atom stereocenters. The van der Waals surface area contributed by atoms with Gasteiger partial charge in [-0.15, -0.1) is 0 Å². The van der Waals surface area contributed by atoms with Crippen molar-refractivity contribution in [1.82, 2.24) is 4.90 Å². The van der Waals surface area contributed by atoms with Crippen molar-refractivity contribution in [2.45, 2.75) is 44.2 Å². The Balaban J connectivity index is 2.88. The second kappa shape index (κ2) is 6.85. The summed E-state index contributed by atoms with van der Waals surface area (Å²) in [5, 5.41) is 0. The summed E-state index contributed by atoms with van der Waals surface area (Å²) in [5.41, 5.74) is 0.389. The standard InChI is InChI=1S/C12H27NO3Si/c1-6-8-12(11-9-7-10-13(11)2)17(14-3,15-4)16-5/h11-12H,6-10H2,1-5H3. The van der Waals surface area contributed by atoms with Crippen LogP contribution in [0.5, 0.6) is 0 Å². The van der Waals surface area contributed by atoms with E-state index in [1.54, 1.807) is 21.3 Å². The van der Waals surface area contributed by atoms with Crippen LogP contribution in [0.4, 0.5) is 0 Å². The zero-order valence-corrected chi connectivity index (χ0v) is 12.9. The molecule has 4 nitrogen and oxygen atoms in total. The fourth-order valence-electron chi connectivity index (χ4n) is 3.06. The van der Waals surface area contributed by atoms with Gasteiger partial charge in [0.05, 0.1) is 0 Å². The van der Waals surface area contributed by atoms with Gasteiger partial charge in [-0.25, -0.2) is 0 Å². The normalized spacial score (nSPS) is 24.2. The summed E-state index contributed by atoms with van der Waals surface area (Å²) in [6, 6.07) is 0.543. The molecule has 5 heteroatoms. The van der Waals surface area contributed by atoms with Gasteiger partial charge in [0.2, 0.25) is 0 Å². The van der Waals surface area contributed by atoms with Crippen molar-refractivity contribution in [3.8, 4) is 0 Å². The lowest BCUT2D eigenvalue weighted by molar-refractivity contribution is 0.0937. The molecule has 102 valence electrons. The Labute approximate surface area is 107 Å². The van der Waals surface area contributed by atoms with Crippen molar-refractivity contribution < 1.29 is 13.3 Å². The third-order valence-electron chi connectivity index (χ3n) is 3.95. The Morgan fingerprint density at radius 2 is 1.82 bits per heavy atom. The summed E-state index contributed by atoms with van der Waals surface area (Å²) in [6.07, 6.45) is 4.74. The lowest BCUT2D eigenvalue weighted by Crippen LogP contribution is -2.53. The first kappa shape index (κ1) is 15.1. The van der Waals surface area contributed by atoms with Crippen molar-refractivity contribution >= 4 is 8.80 Å². The summed E-state index contributed by atoms with van der Waals surface area (Å²) >= 11 is 0. The molecular weight excluding hydrogens is 234 g/mol. The van der Waals surface area contributed by atoms with E-state index >= 15 is 0 Å². The van der Waals surface area contributed by atoms with Gasteiger partial charge in [-0.05, 0) is 32.9 Å². The van der Waals surface area contributed by atoms with Crippen LogP contribution in [-0.4, -0.2) is 54.7 Å². The molecule has 1 aliphatic heterocycles. The monoisotopic (exact) mass is 261 g/mol. The molecular formula is C12H27NO3Si. The van der Waals surface area contributed by atoms with Crippen LogP contribution in [0.25, 0.3) is 0 Å². The number of hydrogen-bond donors (Lipinski definition) is 0. The van der Waals surface area contributed by atoms with Crippen LogP contribution in [0.2, 0.25) is 5.54 Å². The van der Waals surface area contributed by atoms with Crippen molar-refractivity contribution in [2.24, 2.45) is 0 Å². The summed E-state index contributed by atoms with van der Waals surface area (Å²) in [7, 11) is 4.84. The maximum atomic E-state index is 5.68. The van der Waals surface area contributed by atoms with E-state index in [0.717, 1.165) is 12.8 Å². The highest BCUT2D eigenvalue weighted by Crippen LogP contribution is 2.38. The minimum atomic E-state index is -2.52. The first-order chi connectivity index (χ1) is 8.15. The Morgan fingerprint density at radius 3 is 2.18 bits per heavy atom. The van der Waals surface area contributed by atoms with E-state index < -0.39 is 8.80 Å². The first-order valence-corrected chi connectivity index (χ1v) is 8.31. The molecule has 0 saturated carbocycles. The summed E-state index contributed by atoms with van der Waals surface area (Å²) in [5.74, 6) is 0. The zero-order valence-electron chi connectivity index (χ0n) is 11.9. The largest absolute Gasteiger partial charge is 0.505 e. The second-order valence-corrected chi connectivity index (χ2v) is 7.97. The molecule has 0 aromatic heterocycles. The van der Waals surface area contributed by atoms with Gasteiger partial charge in [-0.3, -0.25) is 0 Å². The molecule has 0 bridgehead atoms. The molecule has 0 aliphatic carbocycles. The average molecular weight is 261 g/mol. The predicted octanol–water partition coefficient (Wildman–Crippen LogP) is 2.13. The van der Waals surface area contributed by atoms with Crippen LogP contribution in [0.15, 0.2) is 0 Å². The Hall–Kier alpha value is 0.0569. The number of likely N-dealkylation sites (tertiary alicyclic amines) is 1. The zero-order chi connectivity index (χ0) is 12.9. The van der Waals surface area contributed by atoms with Gasteiger partial charge in [-0.1, -0.05) is 13.3 Å². The predicted molar refractivity (Wildman–Crippen MR) is 71.1 cm³/mol. The van der Waals surface area contributed by atoms with Crippen LogP contribution in [0.1, 0.15) is 32.6 Å². The Bertz CT molecular complexity index is 216. The van der Waals surface area contributed by atoms with Crippen LogP contribution >= 0.6 is 0 Å². The molecule has 0 amide bonds. The van der Waals surface area contributed by atoms with Gasteiger partial charge in [-0.2, -0.15) is 0 Å². The molecule has 0 N–H and O–H groups in total. The second-order valence-electron chi connectivity index (χ2n) is 4.80. The smallest absolute Gasteiger partial charge is 0.377 e. The molecule has 0 spiro atoms. The minimum Gasteiger partial charge on any atom is -0.377 e. The summed E-state index contributed by atoms with van der Waals surface area (Å²) in [4.78, 5) is 2.43. The average Bonchev–Trinajstić information content (AvgIpc) is 2.77. The van der Waals surface area contributed by atoms with Gasteiger partial charge < -0.3 is 18.2 Å². The van der Waals surface area contributed by atoms with E-state index in [2.05, 4.69) is 18.9 Å². The van der Waals surface area contributed by atoms with E-state index in [-0.39, 0.29) is 0 Å². The fraction of sp³-hybridized carbons (Fsp3) is 1.00. The van der Waals surface area contributed by atoms with Gasteiger partial charge in [0.1, 0.15) is 0 Å². The molecule has 0 aromatic carbocycles. The van der Waals surface area contributed by atoms with Crippen LogP contribution in [0.3, 0.4) is 0 Å². The van der Waals surface area contributed by atoms with Gasteiger partial charge in [0, 0.05) is 32.9 Å². The maximum absolute atomic E-state index is 5.68. The highest BCUT2D eigenvalue weighted by Gasteiger charge is 2.51. The van der Waals surface area contributed by atoms with Gasteiger partial charge in [0.15, 0.2) is 0 Å². The summed E-state index contributed by atoms with van der Waals surface area (Å²) < 4.78 is 17.0. The van der Waals surface area contributed by atoms with Crippen LogP contribution in [-0.2, 0) is 13.3 Å². The first-order valence-electron chi connectivity index (χ1n) is 6.50. The van der Waals surface area contributed by atoms with Gasteiger partial charge in [0.25, 0.3) is 0 Å². The molecule has 2 atom stereocenters. The third-order valence-corrected chi connectivity index (χ3v) is 7.24. The highest BCUT2D eigenvalue weighted by molar-refractivity contribution is 6.62. The van der Waals surface area contributed by atoms with E-state index in [0.29, 0.717) is 11.6 Å². The number of nitrogens with zero attached hydrogens (tertiary/aromatic N) is 1. The molecule has 1 saturated heterocycles. The maximum Gasteiger partial charge on any atom is 0.505 e. The van der Waals surface area contributed by atoms with Crippen molar-refractivity contribution in [2.75, 3.05) is 34.9 Å². The Kier molecular flexibility index (Phi) is 6.09. The SMILES string of the molecule is CCCC(C1CCCN1C)[Si](OC)(OC)OC. The molecule has 0 radical (unpaired) electrons. The Morgan fingerprint density at radius 1 is 1.24 bits per heavy atom. The van der Waals surface area contributed by atoms with E-state index in [9.17, 15) is 0 Å². The molecule has 1 fully saturated rings. The lowest BCUT2D eigenvalue weighted by Gasteiger charge is -2.38. The summed E-state index contributed by atoms with van der Waals surface area (Å²) in [6.45, 7) is 3.38. The molecule has 17 heavy (non-hydrogen) atoms. The number of rotatable bonds is 7. The molecule has 1 rings (SSSR count). The minimum absolute atomic E-state index is 0.389. The molecule has 1 heterocycles. The quantitative estimate of drug-likeness (QED) is 0.657. The third kappa shape index (κ3) is 3.09.